The van der Waals surface area contributed by atoms with Gasteiger partial charge in [0, 0.05) is 32.0 Å². The van der Waals surface area contributed by atoms with Gasteiger partial charge >= 0.3 is 0 Å². The molecule has 1 saturated heterocycles. The largest absolute Gasteiger partial charge is 0.353 e. The summed E-state index contributed by atoms with van der Waals surface area (Å²) in [5, 5.41) is 3.18. The lowest BCUT2D eigenvalue weighted by Gasteiger charge is -2.37. The van der Waals surface area contributed by atoms with Crippen LogP contribution in [0.25, 0.3) is 0 Å². The van der Waals surface area contributed by atoms with Crippen LogP contribution in [0.3, 0.4) is 0 Å². The first kappa shape index (κ1) is 15.3. The highest BCUT2D eigenvalue weighted by Crippen LogP contribution is 2.38. The van der Waals surface area contributed by atoms with Crippen molar-refractivity contribution in [3.63, 3.8) is 0 Å². The molecule has 0 spiro atoms. The fourth-order valence-electron chi connectivity index (χ4n) is 3.30. The van der Waals surface area contributed by atoms with Crippen LogP contribution in [0.1, 0.15) is 58.8 Å². The third kappa shape index (κ3) is 3.53. The fraction of sp³-hybridized carbons (Fsp3) is 0.875. The zero-order valence-electron chi connectivity index (χ0n) is 13.1. The minimum absolute atomic E-state index is 0.0940. The van der Waals surface area contributed by atoms with Gasteiger partial charge in [0.15, 0.2) is 0 Å². The second kappa shape index (κ2) is 6.15. The monoisotopic (exact) mass is 280 g/mol. The van der Waals surface area contributed by atoms with Crippen molar-refractivity contribution >= 4 is 11.8 Å². The van der Waals surface area contributed by atoms with Gasteiger partial charge in [-0.1, -0.05) is 20.3 Å². The summed E-state index contributed by atoms with van der Waals surface area (Å²) < 4.78 is 0. The predicted octanol–water partition coefficient (Wildman–Crippen LogP) is 2.33. The van der Waals surface area contributed by atoms with Crippen LogP contribution in [0.2, 0.25) is 0 Å². The highest BCUT2D eigenvalue weighted by molar-refractivity contribution is 5.86. The molecule has 2 amide bonds. The van der Waals surface area contributed by atoms with Gasteiger partial charge in [0.1, 0.15) is 0 Å². The van der Waals surface area contributed by atoms with Crippen molar-refractivity contribution in [3.05, 3.63) is 0 Å². The zero-order valence-corrected chi connectivity index (χ0v) is 13.1. The van der Waals surface area contributed by atoms with E-state index in [2.05, 4.69) is 19.2 Å². The SMILES string of the molecule is CCC1(C)CCC(NC(=O)C2CCN(C)C(=O)C2)CC1. The maximum Gasteiger partial charge on any atom is 0.223 e. The average Bonchev–Trinajstić information content (AvgIpc) is 2.44. The predicted molar refractivity (Wildman–Crippen MR) is 79.2 cm³/mol. The summed E-state index contributed by atoms with van der Waals surface area (Å²) >= 11 is 0. The van der Waals surface area contributed by atoms with E-state index in [1.807, 2.05) is 7.05 Å². The summed E-state index contributed by atoms with van der Waals surface area (Å²) in [6.07, 6.45) is 6.95. The second-order valence-electron chi connectivity index (χ2n) is 6.95. The van der Waals surface area contributed by atoms with Gasteiger partial charge in [-0.2, -0.15) is 0 Å². The average molecular weight is 280 g/mol. The molecule has 114 valence electrons. The molecular weight excluding hydrogens is 252 g/mol. The zero-order chi connectivity index (χ0) is 14.8. The molecule has 1 aliphatic heterocycles. The van der Waals surface area contributed by atoms with E-state index in [4.69, 9.17) is 0 Å². The van der Waals surface area contributed by atoms with Gasteiger partial charge in [-0.25, -0.2) is 0 Å². The number of hydrogen-bond acceptors (Lipinski definition) is 2. The molecule has 0 aromatic heterocycles. The quantitative estimate of drug-likeness (QED) is 0.862. The summed E-state index contributed by atoms with van der Waals surface area (Å²) in [7, 11) is 1.81. The van der Waals surface area contributed by atoms with Crippen LogP contribution < -0.4 is 5.32 Å². The Morgan fingerprint density at radius 2 is 2.00 bits per heavy atom. The Hall–Kier alpha value is -1.06. The van der Waals surface area contributed by atoms with Crippen molar-refractivity contribution in [2.45, 2.75) is 64.8 Å². The minimum atomic E-state index is -0.113. The smallest absolute Gasteiger partial charge is 0.223 e. The van der Waals surface area contributed by atoms with Crippen molar-refractivity contribution in [2.75, 3.05) is 13.6 Å². The van der Waals surface area contributed by atoms with Crippen LogP contribution in [0.5, 0.6) is 0 Å². The van der Waals surface area contributed by atoms with Crippen LogP contribution in [-0.4, -0.2) is 36.3 Å². The molecule has 2 aliphatic rings. The van der Waals surface area contributed by atoms with E-state index in [0.717, 1.165) is 19.3 Å². The molecule has 0 bridgehead atoms. The van der Waals surface area contributed by atoms with Crippen LogP contribution in [0, 0.1) is 11.3 Å². The van der Waals surface area contributed by atoms with Crippen molar-refractivity contribution in [3.8, 4) is 0 Å². The molecule has 1 N–H and O–H groups in total. The Morgan fingerprint density at radius 3 is 2.55 bits per heavy atom. The summed E-state index contributed by atoms with van der Waals surface area (Å²) in [4.78, 5) is 25.7. The lowest BCUT2D eigenvalue weighted by atomic mass is 9.72. The number of hydrogen-bond donors (Lipinski definition) is 1. The Labute approximate surface area is 122 Å². The molecule has 20 heavy (non-hydrogen) atoms. The molecule has 4 nitrogen and oxygen atoms in total. The first-order chi connectivity index (χ1) is 9.43. The lowest BCUT2D eigenvalue weighted by molar-refractivity contribution is -0.139. The van der Waals surface area contributed by atoms with Gasteiger partial charge in [0.2, 0.25) is 11.8 Å². The number of amides is 2. The number of likely N-dealkylation sites (tertiary alicyclic amines) is 1. The Kier molecular flexibility index (Phi) is 4.71. The molecular formula is C16H28N2O2. The third-order valence-corrected chi connectivity index (χ3v) is 5.42. The molecule has 1 aliphatic carbocycles. The highest BCUT2D eigenvalue weighted by Gasteiger charge is 2.33. The lowest BCUT2D eigenvalue weighted by Crippen LogP contribution is -2.46. The number of carbonyl (C=O) groups excluding carboxylic acids is 2. The molecule has 1 heterocycles. The maximum absolute atomic E-state index is 12.3. The standard InChI is InChI=1S/C16H28N2O2/c1-4-16(2)8-5-13(6-9-16)17-15(20)12-7-10-18(3)14(19)11-12/h12-13H,4-11H2,1-3H3,(H,17,20). The molecule has 4 heteroatoms. The van der Waals surface area contributed by atoms with Crippen LogP contribution >= 0.6 is 0 Å². The van der Waals surface area contributed by atoms with Crippen LogP contribution in [-0.2, 0) is 9.59 Å². The molecule has 1 saturated carbocycles. The number of nitrogens with zero attached hydrogens (tertiary/aromatic N) is 1. The van der Waals surface area contributed by atoms with Crippen LogP contribution in [0.15, 0.2) is 0 Å². The number of rotatable bonds is 3. The first-order valence-corrected chi connectivity index (χ1v) is 7.98. The van der Waals surface area contributed by atoms with E-state index in [9.17, 15) is 9.59 Å². The van der Waals surface area contributed by atoms with Gasteiger partial charge in [-0.05, 0) is 37.5 Å². The molecule has 1 atom stereocenters. The van der Waals surface area contributed by atoms with E-state index in [1.165, 1.54) is 19.3 Å². The maximum atomic E-state index is 12.3. The van der Waals surface area contributed by atoms with Crippen molar-refractivity contribution in [2.24, 2.45) is 11.3 Å². The topological polar surface area (TPSA) is 49.4 Å². The molecule has 2 rings (SSSR count). The molecule has 0 aromatic rings. The van der Waals surface area contributed by atoms with Gasteiger partial charge in [-0.3, -0.25) is 9.59 Å². The summed E-state index contributed by atoms with van der Waals surface area (Å²) in [6, 6.07) is 0.317. The summed E-state index contributed by atoms with van der Waals surface area (Å²) in [5.74, 6) is 0.0772. The molecule has 1 unspecified atom stereocenters. The third-order valence-electron chi connectivity index (χ3n) is 5.42. The fourth-order valence-corrected chi connectivity index (χ4v) is 3.30. The van der Waals surface area contributed by atoms with E-state index in [0.29, 0.717) is 24.4 Å². The van der Waals surface area contributed by atoms with E-state index in [-0.39, 0.29) is 17.7 Å². The van der Waals surface area contributed by atoms with E-state index >= 15 is 0 Å². The molecule has 2 fully saturated rings. The highest BCUT2D eigenvalue weighted by atomic mass is 16.2. The van der Waals surface area contributed by atoms with Gasteiger partial charge in [-0.15, -0.1) is 0 Å². The number of carbonyl (C=O) groups is 2. The van der Waals surface area contributed by atoms with Gasteiger partial charge in [0.25, 0.3) is 0 Å². The Bertz CT molecular complexity index is 373. The van der Waals surface area contributed by atoms with Crippen molar-refractivity contribution in [1.82, 2.24) is 10.2 Å². The molecule has 0 radical (unpaired) electrons. The van der Waals surface area contributed by atoms with Crippen molar-refractivity contribution < 1.29 is 9.59 Å². The van der Waals surface area contributed by atoms with Gasteiger partial charge < -0.3 is 10.2 Å². The van der Waals surface area contributed by atoms with E-state index in [1.54, 1.807) is 4.90 Å². The second-order valence-corrected chi connectivity index (χ2v) is 6.95. The summed E-state index contributed by atoms with van der Waals surface area (Å²) in [5.41, 5.74) is 0.463. The van der Waals surface area contributed by atoms with E-state index < -0.39 is 0 Å². The number of nitrogens with one attached hydrogen (secondary N) is 1. The minimum Gasteiger partial charge on any atom is -0.353 e. The van der Waals surface area contributed by atoms with Crippen molar-refractivity contribution in [1.29, 1.82) is 0 Å². The van der Waals surface area contributed by atoms with Gasteiger partial charge in [0.05, 0.1) is 0 Å². The molecule has 0 aromatic carbocycles. The van der Waals surface area contributed by atoms with Crippen LogP contribution in [0.4, 0.5) is 0 Å². The Balaban J connectivity index is 1.80. The normalized spacial score (nSPS) is 35.0. The Morgan fingerprint density at radius 1 is 1.35 bits per heavy atom. The first-order valence-electron chi connectivity index (χ1n) is 7.98. The number of piperidine rings is 1. The summed E-state index contributed by atoms with van der Waals surface area (Å²) in [6.45, 7) is 5.30.